The van der Waals surface area contributed by atoms with Gasteiger partial charge >= 0.3 is 0 Å². The SMILES string of the molecule is CCCNC(COC)CN1C(=O)COCC1=O. The number of imide groups is 1. The number of morpholine rings is 1. The summed E-state index contributed by atoms with van der Waals surface area (Å²) in [6.07, 6.45) is 0.991. The van der Waals surface area contributed by atoms with Crippen LogP contribution < -0.4 is 5.32 Å². The van der Waals surface area contributed by atoms with Crippen LogP contribution in [0.2, 0.25) is 0 Å². The predicted octanol–water partition coefficient (Wildman–Crippen LogP) is -0.614. The van der Waals surface area contributed by atoms with Crippen LogP contribution in [0.4, 0.5) is 0 Å². The van der Waals surface area contributed by atoms with E-state index in [1.807, 2.05) is 0 Å². The lowest BCUT2D eigenvalue weighted by molar-refractivity contribution is -0.159. The summed E-state index contributed by atoms with van der Waals surface area (Å²) in [5.74, 6) is -0.554. The number of methoxy groups -OCH3 is 1. The van der Waals surface area contributed by atoms with Crippen molar-refractivity contribution in [3.63, 3.8) is 0 Å². The minimum absolute atomic E-state index is 0.0147. The van der Waals surface area contributed by atoms with E-state index in [4.69, 9.17) is 9.47 Å². The van der Waals surface area contributed by atoms with E-state index in [2.05, 4.69) is 12.2 Å². The van der Waals surface area contributed by atoms with Crippen LogP contribution in [0.1, 0.15) is 13.3 Å². The van der Waals surface area contributed by atoms with Crippen molar-refractivity contribution in [1.82, 2.24) is 10.2 Å². The van der Waals surface area contributed by atoms with E-state index in [1.54, 1.807) is 7.11 Å². The normalized spacial score (nSPS) is 18.6. The molecule has 98 valence electrons. The Balaban J connectivity index is 2.51. The van der Waals surface area contributed by atoms with E-state index in [1.165, 1.54) is 4.90 Å². The molecule has 0 spiro atoms. The lowest BCUT2D eigenvalue weighted by atomic mass is 10.2. The van der Waals surface area contributed by atoms with Crippen LogP contribution in [0.3, 0.4) is 0 Å². The Morgan fingerprint density at radius 2 is 2.06 bits per heavy atom. The lowest BCUT2D eigenvalue weighted by Gasteiger charge is -2.29. The third kappa shape index (κ3) is 4.41. The summed E-state index contributed by atoms with van der Waals surface area (Å²) in [6.45, 7) is 3.67. The van der Waals surface area contributed by atoms with Crippen molar-refractivity contribution in [2.24, 2.45) is 0 Å². The summed E-state index contributed by atoms with van der Waals surface area (Å²) in [5, 5.41) is 3.25. The van der Waals surface area contributed by atoms with E-state index < -0.39 is 0 Å². The number of hydrogen-bond acceptors (Lipinski definition) is 5. The molecule has 0 saturated carbocycles. The molecule has 0 aliphatic carbocycles. The molecule has 1 heterocycles. The van der Waals surface area contributed by atoms with Gasteiger partial charge in [-0.3, -0.25) is 14.5 Å². The van der Waals surface area contributed by atoms with Gasteiger partial charge < -0.3 is 14.8 Å². The molecule has 1 fully saturated rings. The molecule has 2 amide bonds. The van der Waals surface area contributed by atoms with Crippen LogP contribution in [0.5, 0.6) is 0 Å². The molecule has 1 N–H and O–H groups in total. The molecule has 0 aromatic rings. The third-order valence-electron chi connectivity index (χ3n) is 2.51. The summed E-state index contributed by atoms with van der Waals surface area (Å²) in [4.78, 5) is 24.3. The van der Waals surface area contributed by atoms with Crippen LogP contribution in [-0.4, -0.2) is 62.8 Å². The molecule has 0 radical (unpaired) electrons. The molecule has 1 saturated heterocycles. The summed E-state index contributed by atoms with van der Waals surface area (Å²) in [6, 6.07) is -0.0223. The molecule has 1 aliphatic rings. The molecule has 1 rings (SSSR count). The fraction of sp³-hybridized carbons (Fsp3) is 0.818. The van der Waals surface area contributed by atoms with Crippen molar-refractivity contribution in [2.75, 3.05) is 40.0 Å². The summed E-state index contributed by atoms with van der Waals surface area (Å²) >= 11 is 0. The van der Waals surface area contributed by atoms with Crippen molar-refractivity contribution < 1.29 is 19.1 Å². The second-order valence-corrected chi connectivity index (χ2v) is 4.00. The maximum absolute atomic E-state index is 11.5. The minimum atomic E-state index is -0.277. The van der Waals surface area contributed by atoms with Crippen molar-refractivity contribution in [3.8, 4) is 0 Å². The number of nitrogens with one attached hydrogen (secondary N) is 1. The van der Waals surface area contributed by atoms with E-state index >= 15 is 0 Å². The molecular formula is C11H20N2O4. The van der Waals surface area contributed by atoms with Crippen molar-refractivity contribution in [2.45, 2.75) is 19.4 Å². The second kappa shape index (κ2) is 7.37. The van der Waals surface area contributed by atoms with Crippen LogP contribution in [0.25, 0.3) is 0 Å². The van der Waals surface area contributed by atoms with Crippen molar-refractivity contribution in [1.29, 1.82) is 0 Å². The maximum atomic E-state index is 11.5. The smallest absolute Gasteiger partial charge is 0.255 e. The average molecular weight is 244 g/mol. The van der Waals surface area contributed by atoms with Gasteiger partial charge in [-0.2, -0.15) is 0 Å². The van der Waals surface area contributed by atoms with Crippen LogP contribution in [0.15, 0.2) is 0 Å². The Bertz CT molecular complexity index is 254. The van der Waals surface area contributed by atoms with Crippen LogP contribution in [-0.2, 0) is 19.1 Å². The van der Waals surface area contributed by atoms with Gasteiger partial charge in [-0.15, -0.1) is 0 Å². The fourth-order valence-electron chi connectivity index (χ4n) is 1.67. The number of carbonyl (C=O) groups excluding carboxylic acids is 2. The van der Waals surface area contributed by atoms with Crippen LogP contribution >= 0.6 is 0 Å². The van der Waals surface area contributed by atoms with Gasteiger partial charge in [-0.1, -0.05) is 6.92 Å². The predicted molar refractivity (Wildman–Crippen MR) is 61.5 cm³/mol. The first kappa shape index (κ1) is 14.1. The van der Waals surface area contributed by atoms with Gasteiger partial charge in [-0.05, 0) is 13.0 Å². The Hall–Kier alpha value is -0.980. The number of ether oxygens (including phenoxy) is 2. The number of nitrogens with zero attached hydrogens (tertiary/aromatic N) is 1. The standard InChI is InChI=1S/C11H20N2O4/c1-3-4-12-9(6-16-2)5-13-10(14)7-17-8-11(13)15/h9,12H,3-8H2,1-2H3. The molecule has 0 aromatic heterocycles. The Labute approximate surface area is 101 Å². The molecule has 1 aliphatic heterocycles. The van der Waals surface area contributed by atoms with Gasteiger partial charge in [-0.25, -0.2) is 0 Å². The van der Waals surface area contributed by atoms with Gasteiger partial charge in [0.25, 0.3) is 11.8 Å². The zero-order chi connectivity index (χ0) is 12.7. The minimum Gasteiger partial charge on any atom is -0.383 e. The molecule has 1 atom stereocenters. The summed E-state index contributed by atoms with van der Waals surface area (Å²) in [7, 11) is 1.60. The highest BCUT2D eigenvalue weighted by Crippen LogP contribution is 2.03. The van der Waals surface area contributed by atoms with Crippen molar-refractivity contribution >= 4 is 11.8 Å². The van der Waals surface area contributed by atoms with Gasteiger partial charge in [0, 0.05) is 19.7 Å². The van der Waals surface area contributed by atoms with E-state index in [0.717, 1.165) is 13.0 Å². The number of rotatable bonds is 7. The highest BCUT2D eigenvalue weighted by molar-refractivity contribution is 5.98. The second-order valence-electron chi connectivity index (χ2n) is 4.00. The fourth-order valence-corrected chi connectivity index (χ4v) is 1.67. The van der Waals surface area contributed by atoms with E-state index in [9.17, 15) is 9.59 Å². The third-order valence-corrected chi connectivity index (χ3v) is 2.51. The molecule has 6 heteroatoms. The molecule has 17 heavy (non-hydrogen) atoms. The van der Waals surface area contributed by atoms with Gasteiger partial charge in [0.05, 0.1) is 6.61 Å². The van der Waals surface area contributed by atoms with E-state index in [0.29, 0.717) is 13.2 Å². The average Bonchev–Trinajstić information content (AvgIpc) is 2.31. The zero-order valence-corrected chi connectivity index (χ0v) is 10.4. The Morgan fingerprint density at radius 1 is 1.41 bits per heavy atom. The van der Waals surface area contributed by atoms with E-state index in [-0.39, 0.29) is 31.1 Å². The molecule has 0 aromatic carbocycles. The van der Waals surface area contributed by atoms with Gasteiger partial charge in [0.1, 0.15) is 13.2 Å². The number of amides is 2. The quantitative estimate of drug-likeness (QED) is 0.605. The molecular weight excluding hydrogens is 224 g/mol. The molecule has 1 unspecified atom stereocenters. The Morgan fingerprint density at radius 3 is 2.59 bits per heavy atom. The Kier molecular flexibility index (Phi) is 6.10. The molecule has 0 bridgehead atoms. The monoisotopic (exact) mass is 244 g/mol. The largest absolute Gasteiger partial charge is 0.383 e. The van der Waals surface area contributed by atoms with Crippen LogP contribution in [0, 0.1) is 0 Å². The highest BCUT2D eigenvalue weighted by Gasteiger charge is 2.28. The first-order valence-electron chi connectivity index (χ1n) is 5.82. The van der Waals surface area contributed by atoms with Gasteiger partial charge in [0.15, 0.2) is 0 Å². The summed E-state index contributed by atoms with van der Waals surface area (Å²) in [5.41, 5.74) is 0. The van der Waals surface area contributed by atoms with Crippen molar-refractivity contribution in [3.05, 3.63) is 0 Å². The summed E-state index contributed by atoms with van der Waals surface area (Å²) < 4.78 is 9.92. The molecule has 6 nitrogen and oxygen atoms in total. The maximum Gasteiger partial charge on any atom is 0.255 e. The first-order chi connectivity index (χ1) is 8.19. The zero-order valence-electron chi connectivity index (χ0n) is 10.4. The lowest BCUT2D eigenvalue weighted by Crippen LogP contribution is -2.53. The highest BCUT2D eigenvalue weighted by atomic mass is 16.5. The van der Waals surface area contributed by atoms with Gasteiger partial charge in [0.2, 0.25) is 0 Å². The topological polar surface area (TPSA) is 67.9 Å². The first-order valence-corrected chi connectivity index (χ1v) is 5.82. The number of hydrogen-bond donors (Lipinski definition) is 1. The number of carbonyl (C=O) groups is 2.